The number of aromatic nitrogens is 1. The van der Waals surface area contributed by atoms with Crippen molar-refractivity contribution in [1.82, 2.24) is 9.88 Å². The highest BCUT2D eigenvalue weighted by Crippen LogP contribution is 2.06. The van der Waals surface area contributed by atoms with Gasteiger partial charge in [-0.1, -0.05) is 15.9 Å². The van der Waals surface area contributed by atoms with Crippen LogP contribution < -0.4 is 5.56 Å². The van der Waals surface area contributed by atoms with Gasteiger partial charge in [-0.15, -0.1) is 0 Å². The maximum Gasteiger partial charge on any atom is 0.255 e. The van der Waals surface area contributed by atoms with E-state index in [2.05, 4.69) is 20.9 Å². The number of nitrogens with one attached hydrogen (secondary N) is 1. The Morgan fingerprint density at radius 3 is 2.76 bits per heavy atom. The third kappa shape index (κ3) is 4.26. The zero-order valence-corrected chi connectivity index (χ0v) is 10.4. The molecule has 1 aromatic rings. The molecule has 94 valence electrons. The topological polar surface area (TPSA) is 53.2 Å². The normalized spacial score (nSPS) is 10.6. The number of hydrogen-bond donors (Lipinski definition) is 1. The number of aromatic amines is 1. The summed E-state index contributed by atoms with van der Waals surface area (Å²) in [5, 5.41) is 0.397. The molecule has 0 fully saturated rings. The molecule has 0 bridgehead atoms. The molecule has 1 N–H and O–H groups in total. The van der Waals surface area contributed by atoms with E-state index in [-0.39, 0.29) is 12.1 Å². The van der Waals surface area contributed by atoms with Crippen molar-refractivity contribution in [3.63, 3.8) is 0 Å². The molecule has 7 heteroatoms. The van der Waals surface area contributed by atoms with Crippen LogP contribution in [0.5, 0.6) is 0 Å². The van der Waals surface area contributed by atoms with Crippen LogP contribution in [0.15, 0.2) is 23.1 Å². The molecule has 1 rings (SSSR count). The molecule has 17 heavy (non-hydrogen) atoms. The first-order valence-electron chi connectivity index (χ1n) is 4.86. The van der Waals surface area contributed by atoms with Crippen molar-refractivity contribution in [2.75, 3.05) is 18.4 Å². The van der Waals surface area contributed by atoms with Crippen molar-refractivity contribution in [2.24, 2.45) is 0 Å². The summed E-state index contributed by atoms with van der Waals surface area (Å²) in [6.45, 7) is -0.479. The van der Waals surface area contributed by atoms with E-state index in [9.17, 15) is 18.4 Å². The molecule has 1 heterocycles. The molecule has 0 aromatic carbocycles. The largest absolute Gasteiger partial charge is 0.332 e. The molecule has 0 atom stereocenters. The third-order valence-corrected chi connectivity index (χ3v) is 2.38. The van der Waals surface area contributed by atoms with Gasteiger partial charge in [0, 0.05) is 29.7 Å². The third-order valence-electron chi connectivity index (χ3n) is 2.02. The molecule has 4 nitrogen and oxygen atoms in total. The van der Waals surface area contributed by atoms with Crippen LogP contribution in [0.2, 0.25) is 0 Å². The number of alkyl halides is 3. The molecule has 0 aliphatic carbocycles. The van der Waals surface area contributed by atoms with Gasteiger partial charge in [-0.3, -0.25) is 9.59 Å². The fourth-order valence-electron chi connectivity index (χ4n) is 1.30. The van der Waals surface area contributed by atoms with Gasteiger partial charge >= 0.3 is 0 Å². The Bertz CT molecular complexity index is 436. The predicted molar refractivity (Wildman–Crippen MR) is 62.8 cm³/mol. The maximum atomic E-state index is 12.3. The smallest absolute Gasteiger partial charge is 0.255 e. The van der Waals surface area contributed by atoms with Gasteiger partial charge in [0.25, 0.3) is 12.3 Å². The van der Waals surface area contributed by atoms with E-state index in [1.807, 2.05) is 0 Å². The van der Waals surface area contributed by atoms with E-state index in [1.165, 1.54) is 12.3 Å². The Labute approximate surface area is 105 Å². The van der Waals surface area contributed by atoms with Crippen molar-refractivity contribution in [3.05, 3.63) is 34.2 Å². The van der Waals surface area contributed by atoms with Gasteiger partial charge in [-0.2, -0.15) is 0 Å². The first-order chi connectivity index (χ1) is 8.04. The standard InChI is InChI=1S/C10H11BrF2N2O2/c11-2-4-15(6-8(12)13)10(17)7-1-3-14-9(16)5-7/h1,3,5,8H,2,4,6H2,(H,14,16). The lowest BCUT2D eigenvalue weighted by molar-refractivity contribution is 0.0572. The summed E-state index contributed by atoms with van der Waals surface area (Å²) in [5.41, 5.74) is -0.331. The second-order valence-electron chi connectivity index (χ2n) is 3.27. The van der Waals surface area contributed by atoms with E-state index in [4.69, 9.17) is 0 Å². The van der Waals surface area contributed by atoms with Crippen LogP contribution in [0.1, 0.15) is 10.4 Å². The molecule has 0 saturated carbocycles. The summed E-state index contributed by atoms with van der Waals surface area (Å²) < 4.78 is 24.6. The fourth-order valence-corrected chi connectivity index (χ4v) is 1.73. The van der Waals surface area contributed by atoms with E-state index >= 15 is 0 Å². The number of rotatable bonds is 5. The van der Waals surface area contributed by atoms with Crippen LogP contribution in [0.3, 0.4) is 0 Å². The fraction of sp³-hybridized carbons (Fsp3) is 0.400. The van der Waals surface area contributed by atoms with Crippen molar-refractivity contribution in [1.29, 1.82) is 0 Å². The summed E-state index contributed by atoms with van der Waals surface area (Å²) in [4.78, 5) is 26.2. The van der Waals surface area contributed by atoms with Gasteiger partial charge in [0.15, 0.2) is 0 Å². The average molecular weight is 309 g/mol. The number of H-pyrrole nitrogens is 1. The average Bonchev–Trinajstić information content (AvgIpc) is 2.27. The van der Waals surface area contributed by atoms with Gasteiger partial charge < -0.3 is 9.88 Å². The Hall–Kier alpha value is -1.24. The number of carbonyl (C=O) groups excluding carboxylic acids is 1. The van der Waals surface area contributed by atoms with Crippen molar-refractivity contribution in [2.45, 2.75) is 6.43 Å². The lowest BCUT2D eigenvalue weighted by Crippen LogP contribution is -2.37. The first kappa shape index (κ1) is 13.8. The Morgan fingerprint density at radius 2 is 2.24 bits per heavy atom. The molecule has 1 amide bonds. The second kappa shape index (κ2) is 6.48. The van der Waals surface area contributed by atoms with E-state index in [0.29, 0.717) is 5.33 Å². The van der Waals surface area contributed by atoms with Crippen LogP contribution in [-0.2, 0) is 0 Å². The van der Waals surface area contributed by atoms with Gasteiger partial charge in [0.1, 0.15) is 0 Å². The highest BCUT2D eigenvalue weighted by molar-refractivity contribution is 9.09. The maximum absolute atomic E-state index is 12.3. The molecular weight excluding hydrogens is 298 g/mol. The summed E-state index contributed by atoms with van der Waals surface area (Å²) >= 11 is 3.09. The van der Waals surface area contributed by atoms with Gasteiger partial charge in [-0.05, 0) is 6.07 Å². The van der Waals surface area contributed by atoms with Crippen LogP contribution in [0.25, 0.3) is 0 Å². The quantitative estimate of drug-likeness (QED) is 0.838. The number of halogens is 3. The van der Waals surface area contributed by atoms with E-state index in [0.717, 1.165) is 11.0 Å². The van der Waals surface area contributed by atoms with E-state index in [1.54, 1.807) is 0 Å². The van der Waals surface area contributed by atoms with Crippen molar-refractivity contribution in [3.8, 4) is 0 Å². The number of pyridine rings is 1. The van der Waals surface area contributed by atoms with Crippen molar-refractivity contribution < 1.29 is 13.6 Å². The summed E-state index contributed by atoms with van der Waals surface area (Å²) in [6.07, 6.45) is -1.29. The lowest BCUT2D eigenvalue weighted by Gasteiger charge is -2.21. The molecule has 0 spiro atoms. The van der Waals surface area contributed by atoms with Crippen LogP contribution in [0.4, 0.5) is 8.78 Å². The Morgan fingerprint density at radius 1 is 1.53 bits per heavy atom. The summed E-state index contributed by atoms with van der Waals surface area (Å²) in [5.74, 6) is -0.573. The molecule has 0 aliphatic rings. The zero-order valence-electron chi connectivity index (χ0n) is 8.83. The van der Waals surface area contributed by atoms with Gasteiger partial charge in [-0.25, -0.2) is 8.78 Å². The Balaban J connectivity index is 2.87. The minimum Gasteiger partial charge on any atom is -0.332 e. The highest BCUT2D eigenvalue weighted by atomic mass is 79.9. The lowest BCUT2D eigenvalue weighted by atomic mass is 10.2. The highest BCUT2D eigenvalue weighted by Gasteiger charge is 2.19. The van der Waals surface area contributed by atoms with Crippen LogP contribution in [-0.4, -0.2) is 40.6 Å². The first-order valence-corrected chi connectivity index (χ1v) is 5.99. The van der Waals surface area contributed by atoms with Gasteiger partial charge in [0.05, 0.1) is 6.54 Å². The second-order valence-corrected chi connectivity index (χ2v) is 4.07. The molecule has 0 unspecified atom stereocenters. The van der Waals surface area contributed by atoms with E-state index < -0.39 is 24.4 Å². The zero-order chi connectivity index (χ0) is 12.8. The molecule has 0 aliphatic heterocycles. The monoisotopic (exact) mass is 308 g/mol. The predicted octanol–water partition coefficient (Wildman–Crippen LogP) is 1.48. The SMILES string of the molecule is O=C(c1cc[nH]c(=O)c1)N(CCBr)CC(F)F. The molecule has 1 aromatic heterocycles. The van der Waals surface area contributed by atoms with Crippen LogP contribution in [0, 0.1) is 0 Å². The Kier molecular flexibility index (Phi) is 5.27. The number of nitrogens with zero attached hydrogens (tertiary/aromatic N) is 1. The molecule has 0 radical (unpaired) electrons. The summed E-state index contributed by atoms with van der Waals surface area (Å²) in [7, 11) is 0. The van der Waals surface area contributed by atoms with Gasteiger partial charge in [0.2, 0.25) is 5.56 Å². The van der Waals surface area contributed by atoms with Crippen LogP contribution >= 0.6 is 15.9 Å². The molecular formula is C10H11BrF2N2O2. The number of hydrogen-bond acceptors (Lipinski definition) is 2. The molecule has 0 saturated heterocycles. The minimum absolute atomic E-state index is 0.107. The number of carbonyl (C=O) groups is 1. The summed E-state index contributed by atoms with van der Waals surface area (Å²) in [6, 6.07) is 2.48. The minimum atomic E-state index is -2.60. The number of amides is 1. The van der Waals surface area contributed by atoms with Crippen molar-refractivity contribution >= 4 is 21.8 Å².